The van der Waals surface area contributed by atoms with Crippen molar-refractivity contribution in [2.24, 2.45) is 0 Å². The lowest BCUT2D eigenvalue weighted by Gasteiger charge is -2.32. The molecule has 0 radical (unpaired) electrons. The molecule has 1 amide bonds. The summed E-state index contributed by atoms with van der Waals surface area (Å²) in [6.07, 6.45) is -4.19. The van der Waals surface area contributed by atoms with Crippen LogP contribution in [0.5, 0.6) is 0 Å². The second-order valence-corrected chi connectivity index (χ2v) is 11.4. The zero-order valence-electron chi connectivity index (χ0n) is 23.9. The number of hydrogen-bond donors (Lipinski definition) is 3. The summed E-state index contributed by atoms with van der Waals surface area (Å²) in [5.41, 5.74) is 9.16. The van der Waals surface area contributed by atoms with E-state index in [0.717, 1.165) is 61.0 Å². The number of halogens is 3. The van der Waals surface area contributed by atoms with Gasteiger partial charge in [0, 0.05) is 66.8 Å². The molecule has 0 unspecified atom stereocenters. The lowest BCUT2D eigenvalue weighted by atomic mass is 10.0. The number of fused-ring (bicyclic) bond motifs is 3. The van der Waals surface area contributed by atoms with E-state index in [-0.39, 0.29) is 5.91 Å². The fraction of sp³-hybridized carbons (Fsp3) is 0.281. The van der Waals surface area contributed by atoms with Crippen LogP contribution >= 0.6 is 11.3 Å². The first-order valence-corrected chi connectivity index (χ1v) is 14.8. The van der Waals surface area contributed by atoms with Crippen molar-refractivity contribution in [2.75, 3.05) is 39.8 Å². The smallest absolute Gasteiger partial charge is 0.475 e. The zero-order chi connectivity index (χ0) is 31.3. The van der Waals surface area contributed by atoms with E-state index in [1.165, 1.54) is 22.3 Å². The molecular formula is C32H30F3N5O3S. The Morgan fingerprint density at radius 3 is 2.52 bits per heavy atom. The highest BCUT2D eigenvalue weighted by atomic mass is 32.1. The van der Waals surface area contributed by atoms with E-state index in [2.05, 4.69) is 73.8 Å². The first kappa shape index (κ1) is 31.0. The summed E-state index contributed by atoms with van der Waals surface area (Å²) in [5.74, 6) is 3.37. The Morgan fingerprint density at radius 2 is 1.82 bits per heavy atom. The summed E-state index contributed by atoms with van der Waals surface area (Å²) < 4.78 is 31.7. The highest BCUT2D eigenvalue weighted by Crippen LogP contribution is 2.41. The number of thiophene rings is 1. The number of carbonyl (C=O) groups excluding carboxylic acids is 1. The molecule has 4 aromatic rings. The predicted molar refractivity (Wildman–Crippen MR) is 162 cm³/mol. The maximum absolute atomic E-state index is 12.2. The largest absolute Gasteiger partial charge is 0.490 e. The summed E-state index contributed by atoms with van der Waals surface area (Å²) in [5, 5.41) is 20.0. The van der Waals surface area contributed by atoms with Crippen molar-refractivity contribution >= 4 is 23.2 Å². The van der Waals surface area contributed by atoms with E-state index in [1.54, 1.807) is 23.5 Å². The van der Waals surface area contributed by atoms with Gasteiger partial charge in [0.15, 0.2) is 0 Å². The van der Waals surface area contributed by atoms with Crippen molar-refractivity contribution < 1.29 is 27.9 Å². The molecular weight excluding hydrogens is 591 g/mol. The van der Waals surface area contributed by atoms with Crippen LogP contribution in [0.4, 0.5) is 13.2 Å². The molecule has 0 saturated carbocycles. The highest BCUT2D eigenvalue weighted by molar-refractivity contribution is 7.11. The number of carbonyl (C=O) groups is 2. The van der Waals surface area contributed by atoms with Crippen LogP contribution in [0.1, 0.15) is 31.9 Å². The molecule has 1 aliphatic heterocycles. The van der Waals surface area contributed by atoms with Crippen LogP contribution < -0.4 is 5.32 Å². The third-order valence-electron chi connectivity index (χ3n) is 7.38. The fourth-order valence-corrected chi connectivity index (χ4v) is 5.82. The molecule has 2 aromatic heterocycles. The van der Waals surface area contributed by atoms with Crippen molar-refractivity contribution in [1.29, 1.82) is 0 Å². The highest BCUT2D eigenvalue weighted by Gasteiger charge is 2.38. The van der Waals surface area contributed by atoms with Crippen LogP contribution in [0.3, 0.4) is 0 Å². The normalized spacial score (nSPS) is 14.5. The maximum Gasteiger partial charge on any atom is 0.490 e. The Morgan fingerprint density at radius 1 is 1.09 bits per heavy atom. The van der Waals surface area contributed by atoms with E-state index in [1.807, 2.05) is 18.2 Å². The number of alkyl halides is 3. The van der Waals surface area contributed by atoms with Crippen molar-refractivity contribution in [1.82, 2.24) is 25.3 Å². The number of nitrogens with one attached hydrogen (secondary N) is 2. The average molecular weight is 622 g/mol. The Labute approximate surface area is 256 Å². The molecule has 1 saturated heterocycles. The van der Waals surface area contributed by atoms with Gasteiger partial charge in [0.2, 0.25) is 0 Å². The number of carboxylic acid groups (broad SMARTS) is 1. The molecule has 2 aliphatic rings. The number of rotatable bonds is 5. The monoisotopic (exact) mass is 621 g/mol. The standard InChI is InChI=1S/C30H29N5OS.C2HF3O2/c1-34-12-14-35(15-13-34)19-21-9-10-26-23(16-21)18-27-28(32-33-29(26)27)24-17-25(37-20-24)8-5-11-31-30(36)22-6-3-2-4-7-22;3-2(4,5)1(6)7/h2-4,6-7,9-10,16-17,20H,11-15,18-19H2,1H3,(H,31,36)(H,32,33);(H,6,7). The van der Waals surface area contributed by atoms with Crippen LogP contribution in [0.15, 0.2) is 60.0 Å². The number of nitrogens with zero attached hydrogens (tertiary/aromatic N) is 3. The number of amides is 1. The third-order valence-corrected chi connectivity index (χ3v) is 8.22. The first-order valence-electron chi connectivity index (χ1n) is 13.9. The Kier molecular flexibility index (Phi) is 9.49. The number of benzene rings is 2. The van der Waals surface area contributed by atoms with Gasteiger partial charge in [-0.05, 0) is 36.4 Å². The second-order valence-electron chi connectivity index (χ2n) is 10.5. The lowest BCUT2D eigenvalue weighted by molar-refractivity contribution is -0.192. The van der Waals surface area contributed by atoms with E-state index >= 15 is 0 Å². The maximum atomic E-state index is 12.2. The fourth-order valence-electron chi connectivity index (χ4n) is 5.06. The summed E-state index contributed by atoms with van der Waals surface area (Å²) in [6, 6.07) is 18.2. The first-order chi connectivity index (χ1) is 21.1. The van der Waals surface area contributed by atoms with E-state index in [4.69, 9.17) is 9.90 Å². The van der Waals surface area contributed by atoms with Crippen molar-refractivity contribution in [3.8, 4) is 34.4 Å². The van der Waals surface area contributed by atoms with Crippen molar-refractivity contribution in [2.45, 2.75) is 19.1 Å². The molecule has 0 atom stereocenters. The molecule has 3 N–H and O–H groups in total. The molecule has 2 aromatic carbocycles. The Hall–Kier alpha value is -4.44. The van der Waals surface area contributed by atoms with Crippen LogP contribution in [-0.4, -0.2) is 82.9 Å². The van der Waals surface area contributed by atoms with Gasteiger partial charge >= 0.3 is 12.1 Å². The Balaban J connectivity index is 0.000000493. The minimum absolute atomic E-state index is 0.111. The minimum atomic E-state index is -5.08. The number of piperazine rings is 1. The minimum Gasteiger partial charge on any atom is -0.475 e. The quantitative estimate of drug-likeness (QED) is 0.242. The lowest BCUT2D eigenvalue weighted by Crippen LogP contribution is -2.43. The van der Waals surface area contributed by atoms with Gasteiger partial charge in [-0.15, -0.1) is 11.3 Å². The molecule has 1 aliphatic carbocycles. The van der Waals surface area contributed by atoms with Crippen molar-refractivity contribution in [3.63, 3.8) is 0 Å². The topological polar surface area (TPSA) is 102 Å². The number of carboxylic acids is 1. The third kappa shape index (κ3) is 7.55. The zero-order valence-corrected chi connectivity index (χ0v) is 24.7. The molecule has 8 nitrogen and oxygen atoms in total. The molecule has 228 valence electrons. The van der Waals surface area contributed by atoms with Gasteiger partial charge in [0.25, 0.3) is 5.91 Å². The number of likely N-dealkylation sites (N-methyl/N-ethyl adjacent to an activating group) is 1. The van der Waals surface area contributed by atoms with Gasteiger partial charge in [0.05, 0.1) is 22.8 Å². The molecule has 3 heterocycles. The number of H-pyrrole nitrogens is 1. The number of aromatic nitrogens is 2. The van der Waals surface area contributed by atoms with Gasteiger partial charge in [-0.25, -0.2) is 4.79 Å². The molecule has 44 heavy (non-hydrogen) atoms. The number of aliphatic carboxylic acids is 1. The van der Waals surface area contributed by atoms with Gasteiger partial charge in [-0.1, -0.05) is 48.2 Å². The number of hydrogen-bond acceptors (Lipinski definition) is 6. The SMILES string of the molecule is CN1CCN(Cc2ccc3c(c2)Cc2c(-c4csc(C#CCNC(=O)c5ccccc5)c4)n[nH]c2-3)CC1.O=C(O)C(F)(F)F. The van der Waals surface area contributed by atoms with Crippen LogP contribution in [-0.2, 0) is 17.8 Å². The van der Waals surface area contributed by atoms with E-state index < -0.39 is 12.1 Å². The van der Waals surface area contributed by atoms with Crippen LogP contribution in [0, 0.1) is 11.8 Å². The summed E-state index contributed by atoms with van der Waals surface area (Å²) in [4.78, 5) is 27.0. The average Bonchev–Trinajstić information content (AvgIpc) is 3.72. The molecule has 12 heteroatoms. The van der Waals surface area contributed by atoms with E-state index in [0.29, 0.717) is 12.1 Å². The molecule has 6 rings (SSSR count). The van der Waals surface area contributed by atoms with Gasteiger partial charge in [0.1, 0.15) is 0 Å². The van der Waals surface area contributed by atoms with Gasteiger partial charge < -0.3 is 15.3 Å². The molecule has 0 spiro atoms. The predicted octanol–water partition coefficient (Wildman–Crippen LogP) is 4.87. The summed E-state index contributed by atoms with van der Waals surface area (Å²) in [7, 11) is 2.20. The van der Waals surface area contributed by atoms with E-state index in [9.17, 15) is 18.0 Å². The Bertz CT molecular complexity index is 1700. The summed E-state index contributed by atoms with van der Waals surface area (Å²) >= 11 is 1.61. The molecule has 0 bridgehead atoms. The van der Waals surface area contributed by atoms with Crippen LogP contribution in [0.25, 0.3) is 22.5 Å². The number of aromatic amines is 1. The summed E-state index contributed by atoms with van der Waals surface area (Å²) in [6.45, 7) is 5.86. The second kappa shape index (κ2) is 13.5. The van der Waals surface area contributed by atoms with Gasteiger partial charge in [-0.2, -0.15) is 18.3 Å². The van der Waals surface area contributed by atoms with Crippen LogP contribution in [0.2, 0.25) is 0 Å². The van der Waals surface area contributed by atoms with Crippen molar-refractivity contribution in [3.05, 3.63) is 87.1 Å². The van der Waals surface area contributed by atoms with Gasteiger partial charge in [-0.3, -0.25) is 14.8 Å². The molecule has 1 fully saturated rings.